The summed E-state index contributed by atoms with van der Waals surface area (Å²) in [5, 5.41) is 5.75. The summed E-state index contributed by atoms with van der Waals surface area (Å²) in [6.45, 7) is 3.44. The summed E-state index contributed by atoms with van der Waals surface area (Å²) in [6.07, 6.45) is 0.968. The van der Waals surface area contributed by atoms with E-state index in [9.17, 15) is 13.2 Å². The highest BCUT2D eigenvalue weighted by Crippen LogP contribution is 2.20. The van der Waals surface area contributed by atoms with Gasteiger partial charge in [-0.3, -0.25) is 4.79 Å². The van der Waals surface area contributed by atoms with Crippen LogP contribution < -0.4 is 5.32 Å². The molecule has 7 heteroatoms. The van der Waals surface area contributed by atoms with Gasteiger partial charge in [0.25, 0.3) is 11.0 Å². The zero-order chi connectivity index (χ0) is 14.9. The monoisotopic (exact) mass is 294 g/mol. The Morgan fingerprint density at radius 1 is 1.20 bits per heavy atom. The molecule has 2 aromatic rings. The molecule has 1 amide bonds. The number of hydrogen-bond acceptors (Lipinski definition) is 5. The number of hydrogen-bond donors (Lipinski definition) is 1. The fourth-order valence-corrected chi connectivity index (χ4v) is 2.47. The fraction of sp³-hybridized carbons (Fsp3) is 0.231. The molecule has 1 heterocycles. The SMILES string of the molecule is Cc1ccc(NC(=O)c2c(C)noc2S(C)(=O)=O)cc1. The molecule has 1 aromatic carbocycles. The fourth-order valence-electron chi connectivity index (χ4n) is 1.69. The van der Waals surface area contributed by atoms with Crippen LogP contribution in [0.15, 0.2) is 33.9 Å². The Morgan fingerprint density at radius 3 is 2.35 bits per heavy atom. The van der Waals surface area contributed by atoms with Gasteiger partial charge in [-0.15, -0.1) is 0 Å². The Morgan fingerprint density at radius 2 is 1.80 bits per heavy atom. The number of sulfone groups is 1. The molecule has 0 aliphatic rings. The van der Waals surface area contributed by atoms with E-state index in [-0.39, 0.29) is 11.3 Å². The smallest absolute Gasteiger partial charge is 0.263 e. The van der Waals surface area contributed by atoms with Gasteiger partial charge in [0.05, 0.1) is 5.69 Å². The molecule has 0 unspecified atom stereocenters. The van der Waals surface area contributed by atoms with Crippen molar-refractivity contribution in [2.75, 3.05) is 11.6 Å². The minimum Gasteiger partial charge on any atom is -0.343 e. The van der Waals surface area contributed by atoms with Crippen LogP contribution in [0.4, 0.5) is 5.69 Å². The van der Waals surface area contributed by atoms with Gasteiger partial charge in [-0.1, -0.05) is 22.9 Å². The summed E-state index contributed by atoms with van der Waals surface area (Å²) in [4.78, 5) is 12.2. The van der Waals surface area contributed by atoms with Crippen LogP contribution in [-0.4, -0.2) is 25.7 Å². The van der Waals surface area contributed by atoms with Gasteiger partial charge in [-0.05, 0) is 26.0 Å². The Bertz CT molecular complexity index is 745. The van der Waals surface area contributed by atoms with Crippen molar-refractivity contribution in [2.24, 2.45) is 0 Å². The standard InChI is InChI=1S/C13H14N2O4S/c1-8-4-6-10(7-5-8)14-12(16)11-9(2)15-19-13(11)20(3,17)18/h4-7H,1-3H3,(H,14,16). The molecule has 0 bridgehead atoms. The van der Waals surface area contributed by atoms with Gasteiger partial charge in [0.15, 0.2) is 0 Å². The lowest BCUT2D eigenvalue weighted by Gasteiger charge is -2.05. The molecule has 106 valence electrons. The number of carbonyl (C=O) groups is 1. The van der Waals surface area contributed by atoms with Crippen LogP contribution in [0.1, 0.15) is 21.6 Å². The lowest BCUT2D eigenvalue weighted by molar-refractivity contribution is 0.102. The molecule has 1 aromatic heterocycles. The van der Waals surface area contributed by atoms with Crippen LogP contribution >= 0.6 is 0 Å². The first-order chi connectivity index (χ1) is 9.29. The predicted octanol–water partition coefficient (Wildman–Crippen LogP) is 1.95. The van der Waals surface area contributed by atoms with E-state index in [1.807, 2.05) is 19.1 Å². The largest absolute Gasteiger partial charge is 0.343 e. The van der Waals surface area contributed by atoms with Crippen LogP contribution in [-0.2, 0) is 9.84 Å². The minimum absolute atomic E-state index is 0.0620. The van der Waals surface area contributed by atoms with Crippen LogP contribution in [0, 0.1) is 13.8 Å². The van der Waals surface area contributed by atoms with Crippen LogP contribution in [0.5, 0.6) is 0 Å². The van der Waals surface area contributed by atoms with Crippen molar-refractivity contribution in [3.63, 3.8) is 0 Å². The molecule has 20 heavy (non-hydrogen) atoms. The third-order valence-electron chi connectivity index (χ3n) is 2.70. The van der Waals surface area contributed by atoms with Crippen molar-refractivity contribution in [3.8, 4) is 0 Å². The highest BCUT2D eigenvalue weighted by molar-refractivity contribution is 7.90. The summed E-state index contributed by atoms with van der Waals surface area (Å²) < 4.78 is 27.8. The molecule has 0 saturated heterocycles. The average molecular weight is 294 g/mol. The van der Waals surface area contributed by atoms with Crippen molar-refractivity contribution >= 4 is 21.4 Å². The number of anilines is 1. The van der Waals surface area contributed by atoms with E-state index in [1.165, 1.54) is 6.92 Å². The summed E-state index contributed by atoms with van der Waals surface area (Å²) in [6, 6.07) is 7.15. The molecule has 1 N–H and O–H groups in total. The molecule has 0 fully saturated rings. The van der Waals surface area contributed by atoms with Crippen LogP contribution in [0.2, 0.25) is 0 Å². The summed E-state index contributed by atoms with van der Waals surface area (Å²) in [5.74, 6) is -0.562. The van der Waals surface area contributed by atoms with Gasteiger partial charge < -0.3 is 9.84 Å². The highest BCUT2D eigenvalue weighted by atomic mass is 32.2. The molecule has 6 nitrogen and oxygen atoms in total. The zero-order valence-electron chi connectivity index (χ0n) is 11.3. The lowest BCUT2D eigenvalue weighted by Crippen LogP contribution is -2.15. The number of aryl methyl sites for hydroxylation is 2. The lowest BCUT2D eigenvalue weighted by atomic mass is 10.2. The quantitative estimate of drug-likeness (QED) is 0.934. The Kier molecular flexibility index (Phi) is 3.63. The van der Waals surface area contributed by atoms with E-state index >= 15 is 0 Å². The summed E-state index contributed by atoms with van der Waals surface area (Å²) in [5.41, 5.74) is 1.80. The Labute approximate surface area is 116 Å². The third-order valence-corrected chi connectivity index (χ3v) is 3.66. The number of rotatable bonds is 3. The zero-order valence-corrected chi connectivity index (χ0v) is 12.1. The third kappa shape index (κ3) is 2.88. The highest BCUT2D eigenvalue weighted by Gasteiger charge is 2.27. The van der Waals surface area contributed by atoms with E-state index in [1.54, 1.807) is 12.1 Å². The van der Waals surface area contributed by atoms with Gasteiger partial charge in [0.1, 0.15) is 5.56 Å². The number of carbonyl (C=O) groups excluding carboxylic acids is 1. The van der Waals surface area contributed by atoms with Crippen molar-refractivity contribution < 1.29 is 17.7 Å². The van der Waals surface area contributed by atoms with E-state index in [0.29, 0.717) is 5.69 Å². The van der Waals surface area contributed by atoms with Crippen molar-refractivity contribution in [3.05, 3.63) is 41.1 Å². The molecule has 2 rings (SSSR count). The number of benzene rings is 1. The van der Waals surface area contributed by atoms with E-state index in [0.717, 1.165) is 11.8 Å². The van der Waals surface area contributed by atoms with Gasteiger partial charge >= 0.3 is 0 Å². The number of nitrogens with one attached hydrogen (secondary N) is 1. The summed E-state index contributed by atoms with van der Waals surface area (Å²) in [7, 11) is -3.65. The van der Waals surface area contributed by atoms with E-state index in [2.05, 4.69) is 10.5 Å². The second-order valence-electron chi connectivity index (χ2n) is 4.52. The van der Waals surface area contributed by atoms with Crippen molar-refractivity contribution in [1.29, 1.82) is 0 Å². The molecule has 0 spiro atoms. The first-order valence-corrected chi connectivity index (χ1v) is 7.72. The second-order valence-corrected chi connectivity index (χ2v) is 6.44. The molecular weight excluding hydrogens is 280 g/mol. The molecular formula is C13H14N2O4S. The maximum Gasteiger partial charge on any atom is 0.263 e. The first-order valence-electron chi connectivity index (χ1n) is 5.83. The predicted molar refractivity (Wildman–Crippen MR) is 73.5 cm³/mol. The second kappa shape index (κ2) is 5.09. The molecule has 0 radical (unpaired) electrons. The average Bonchev–Trinajstić information content (AvgIpc) is 2.74. The maximum absolute atomic E-state index is 12.2. The maximum atomic E-state index is 12.2. The summed E-state index contributed by atoms with van der Waals surface area (Å²) >= 11 is 0. The van der Waals surface area contributed by atoms with Crippen molar-refractivity contribution in [1.82, 2.24) is 5.16 Å². The normalized spacial score (nSPS) is 11.3. The molecule has 0 aliphatic carbocycles. The molecule has 0 atom stereocenters. The van der Waals surface area contributed by atoms with Gasteiger partial charge in [0.2, 0.25) is 9.84 Å². The Balaban J connectivity index is 2.35. The first kappa shape index (κ1) is 14.3. The Hall–Kier alpha value is -2.15. The van der Waals surface area contributed by atoms with Crippen LogP contribution in [0.25, 0.3) is 0 Å². The molecule has 0 aliphatic heterocycles. The molecule has 0 saturated carbocycles. The van der Waals surface area contributed by atoms with Crippen molar-refractivity contribution in [2.45, 2.75) is 18.9 Å². The van der Waals surface area contributed by atoms with E-state index in [4.69, 9.17) is 4.52 Å². The topological polar surface area (TPSA) is 89.3 Å². The van der Waals surface area contributed by atoms with E-state index < -0.39 is 20.8 Å². The van der Waals surface area contributed by atoms with Gasteiger partial charge in [-0.25, -0.2) is 8.42 Å². The number of amides is 1. The van der Waals surface area contributed by atoms with Gasteiger partial charge in [0, 0.05) is 11.9 Å². The minimum atomic E-state index is -3.65. The number of nitrogens with zero attached hydrogens (tertiary/aromatic N) is 1. The van der Waals surface area contributed by atoms with Crippen LogP contribution in [0.3, 0.4) is 0 Å². The number of aromatic nitrogens is 1. The van der Waals surface area contributed by atoms with Gasteiger partial charge in [-0.2, -0.15) is 0 Å².